The number of amides is 2. The minimum atomic E-state index is -0.792. The fraction of sp³-hybridized carbons (Fsp3) is 0.364. The molecular weight excluding hydrogens is 372 g/mol. The molecule has 29 heavy (non-hydrogen) atoms. The van der Waals surface area contributed by atoms with E-state index in [-0.39, 0.29) is 5.92 Å². The molecule has 0 radical (unpaired) electrons. The predicted octanol–water partition coefficient (Wildman–Crippen LogP) is 3.36. The maximum absolute atomic E-state index is 12.4. The summed E-state index contributed by atoms with van der Waals surface area (Å²) in [6, 6.07) is 10.6. The highest BCUT2D eigenvalue weighted by molar-refractivity contribution is 5.96. The van der Waals surface area contributed by atoms with Gasteiger partial charge in [0.1, 0.15) is 5.75 Å². The first-order valence-corrected chi connectivity index (χ1v) is 9.36. The third-order valence-electron chi connectivity index (χ3n) is 4.41. The van der Waals surface area contributed by atoms with Gasteiger partial charge in [0, 0.05) is 5.56 Å². The zero-order valence-corrected chi connectivity index (χ0v) is 17.7. The van der Waals surface area contributed by atoms with Crippen LogP contribution in [0.5, 0.6) is 17.2 Å². The molecule has 0 bridgehead atoms. The number of carbonyl (C=O) groups is 2. The SMILES string of the molecule is COc1ccc(C(=O)NNC(=O)C(C)Oc2cc(C)ccc2C(C)C)cc1OC. The first-order chi connectivity index (χ1) is 13.8. The van der Waals surface area contributed by atoms with Gasteiger partial charge < -0.3 is 14.2 Å². The van der Waals surface area contributed by atoms with Crippen LogP contribution in [0.4, 0.5) is 0 Å². The molecule has 0 spiro atoms. The molecule has 0 aliphatic rings. The molecule has 0 fully saturated rings. The van der Waals surface area contributed by atoms with Crippen LogP contribution in [0.15, 0.2) is 36.4 Å². The summed E-state index contributed by atoms with van der Waals surface area (Å²) in [5.41, 5.74) is 7.16. The Hall–Kier alpha value is -3.22. The Kier molecular flexibility index (Phi) is 7.47. The minimum absolute atomic E-state index is 0.255. The fourth-order valence-electron chi connectivity index (χ4n) is 2.73. The monoisotopic (exact) mass is 400 g/mol. The van der Waals surface area contributed by atoms with Gasteiger partial charge in [0.2, 0.25) is 0 Å². The van der Waals surface area contributed by atoms with Crippen LogP contribution in [-0.2, 0) is 4.79 Å². The minimum Gasteiger partial charge on any atom is -0.493 e. The van der Waals surface area contributed by atoms with Crippen LogP contribution in [0, 0.1) is 6.92 Å². The number of rotatable bonds is 7. The third-order valence-corrected chi connectivity index (χ3v) is 4.41. The molecule has 2 aromatic carbocycles. The molecule has 0 heterocycles. The summed E-state index contributed by atoms with van der Waals surface area (Å²) >= 11 is 0. The molecular formula is C22H28N2O5. The average molecular weight is 400 g/mol. The first-order valence-electron chi connectivity index (χ1n) is 9.36. The van der Waals surface area contributed by atoms with Crippen LogP contribution in [0.2, 0.25) is 0 Å². The lowest BCUT2D eigenvalue weighted by molar-refractivity contribution is -0.128. The van der Waals surface area contributed by atoms with Crippen molar-refractivity contribution in [3.05, 3.63) is 53.1 Å². The van der Waals surface area contributed by atoms with Gasteiger partial charge in [-0.15, -0.1) is 0 Å². The highest BCUT2D eigenvalue weighted by Crippen LogP contribution is 2.29. The smallest absolute Gasteiger partial charge is 0.279 e. The van der Waals surface area contributed by atoms with Gasteiger partial charge in [-0.2, -0.15) is 0 Å². The number of aryl methyl sites for hydroxylation is 1. The Morgan fingerprint density at radius 3 is 2.17 bits per heavy atom. The summed E-state index contributed by atoms with van der Waals surface area (Å²) in [7, 11) is 3.00. The Morgan fingerprint density at radius 2 is 1.55 bits per heavy atom. The normalized spacial score (nSPS) is 11.6. The van der Waals surface area contributed by atoms with Gasteiger partial charge >= 0.3 is 0 Å². The lowest BCUT2D eigenvalue weighted by Gasteiger charge is -2.19. The molecule has 1 unspecified atom stereocenters. The number of hydrogen-bond acceptors (Lipinski definition) is 5. The Balaban J connectivity index is 2.00. The van der Waals surface area contributed by atoms with Gasteiger partial charge in [-0.05, 0) is 55.2 Å². The van der Waals surface area contributed by atoms with Gasteiger partial charge in [0.05, 0.1) is 14.2 Å². The molecule has 2 N–H and O–H groups in total. The molecule has 2 rings (SSSR count). The van der Waals surface area contributed by atoms with Crippen LogP contribution in [-0.4, -0.2) is 32.1 Å². The van der Waals surface area contributed by atoms with E-state index in [0.717, 1.165) is 11.1 Å². The summed E-state index contributed by atoms with van der Waals surface area (Å²) in [6.07, 6.45) is -0.792. The van der Waals surface area contributed by atoms with E-state index in [2.05, 4.69) is 24.7 Å². The Labute approximate surface area is 171 Å². The van der Waals surface area contributed by atoms with Gasteiger partial charge in [0.25, 0.3) is 11.8 Å². The third kappa shape index (κ3) is 5.63. The molecule has 0 aliphatic carbocycles. The lowest BCUT2D eigenvalue weighted by atomic mass is 10.0. The van der Waals surface area contributed by atoms with Crippen molar-refractivity contribution < 1.29 is 23.8 Å². The van der Waals surface area contributed by atoms with Crippen molar-refractivity contribution in [1.82, 2.24) is 10.9 Å². The van der Waals surface area contributed by atoms with Crippen LogP contribution in [0.3, 0.4) is 0 Å². The summed E-state index contributed by atoms with van der Waals surface area (Å²) in [4.78, 5) is 24.7. The molecule has 0 saturated carbocycles. The Bertz CT molecular complexity index is 880. The quantitative estimate of drug-likeness (QED) is 0.696. The molecule has 2 amide bonds. The van der Waals surface area contributed by atoms with Crippen molar-refractivity contribution in [1.29, 1.82) is 0 Å². The zero-order valence-electron chi connectivity index (χ0n) is 17.7. The van der Waals surface area contributed by atoms with E-state index < -0.39 is 17.9 Å². The number of nitrogens with one attached hydrogen (secondary N) is 2. The molecule has 156 valence electrons. The predicted molar refractivity (Wildman–Crippen MR) is 111 cm³/mol. The zero-order chi connectivity index (χ0) is 21.6. The van der Waals surface area contributed by atoms with Crippen molar-refractivity contribution in [3.63, 3.8) is 0 Å². The average Bonchev–Trinajstić information content (AvgIpc) is 2.70. The number of hydrazine groups is 1. The topological polar surface area (TPSA) is 85.9 Å². The molecule has 0 aromatic heterocycles. The van der Waals surface area contributed by atoms with Crippen LogP contribution in [0.1, 0.15) is 48.2 Å². The molecule has 7 nitrogen and oxygen atoms in total. The maximum Gasteiger partial charge on any atom is 0.279 e. The van der Waals surface area contributed by atoms with Crippen molar-refractivity contribution in [3.8, 4) is 17.2 Å². The van der Waals surface area contributed by atoms with Gasteiger partial charge in [0.15, 0.2) is 17.6 Å². The second kappa shape index (κ2) is 9.82. The van der Waals surface area contributed by atoms with E-state index in [9.17, 15) is 9.59 Å². The maximum atomic E-state index is 12.4. The highest BCUT2D eigenvalue weighted by atomic mass is 16.5. The first kappa shape index (κ1) is 22.1. The summed E-state index contributed by atoms with van der Waals surface area (Å²) in [5, 5.41) is 0. The molecule has 0 aliphatic heterocycles. The number of benzene rings is 2. The van der Waals surface area contributed by atoms with Crippen molar-refractivity contribution in [2.45, 2.75) is 39.7 Å². The van der Waals surface area contributed by atoms with E-state index >= 15 is 0 Å². The van der Waals surface area contributed by atoms with E-state index in [0.29, 0.717) is 22.8 Å². The lowest BCUT2D eigenvalue weighted by Crippen LogP contribution is -2.47. The van der Waals surface area contributed by atoms with Crippen LogP contribution >= 0.6 is 0 Å². The van der Waals surface area contributed by atoms with Gasteiger partial charge in [-0.3, -0.25) is 20.4 Å². The van der Waals surface area contributed by atoms with E-state index in [4.69, 9.17) is 14.2 Å². The van der Waals surface area contributed by atoms with Crippen molar-refractivity contribution in [2.75, 3.05) is 14.2 Å². The number of hydrogen-bond donors (Lipinski definition) is 2. The standard InChI is InChI=1S/C22H28N2O5/c1-13(2)17-9-7-14(3)11-19(17)29-15(4)21(25)23-24-22(26)16-8-10-18(27-5)20(12-16)28-6/h7-13,15H,1-6H3,(H,23,25)(H,24,26). The van der Waals surface area contributed by atoms with Gasteiger partial charge in [-0.25, -0.2) is 0 Å². The summed E-state index contributed by atoms with van der Waals surface area (Å²) in [5.74, 6) is 0.900. The summed E-state index contributed by atoms with van der Waals surface area (Å²) in [6.45, 7) is 7.71. The van der Waals surface area contributed by atoms with Crippen LogP contribution < -0.4 is 25.1 Å². The molecule has 1 atom stereocenters. The van der Waals surface area contributed by atoms with E-state index in [1.54, 1.807) is 19.1 Å². The summed E-state index contributed by atoms with van der Waals surface area (Å²) < 4.78 is 16.2. The number of ether oxygens (including phenoxy) is 3. The van der Waals surface area contributed by atoms with E-state index in [1.165, 1.54) is 20.3 Å². The number of methoxy groups -OCH3 is 2. The molecule has 2 aromatic rings. The largest absolute Gasteiger partial charge is 0.493 e. The van der Waals surface area contributed by atoms with Crippen LogP contribution in [0.25, 0.3) is 0 Å². The van der Waals surface area contributed by atoms with Gasteiger partial charge in [-0.1, -0.05) is 26.0 Å². The molecule has 0 saturated heterocycles. The number of carbonyl (C=O) groups excluding carboxylic acids is 2. The molecule has 7 heteroatoms. The Morgan fingerprint density at radius 1 is 0.862 bits per heavy atom. The second-order valence-electron chi connectivity index (χ2n) is 6.97. The fourth-order valence-corrected chi connectivity index (χ4v) is 2.73. The van der Waals surface area contributed by atoms with Crippen molar-refractivity contribution >= 4 is 11.8 Å². The van der Waals surface area contributed by atoms with Crippen molar-refractivity contribution in [2.24, 2.45) is 0 Å². The second-order valence-corrected chi connectivity index (χ2v) is 6.97. The van der Waals surface area contributed by atoms with E-state index in [1.807, 2.05) is 25.1 Å². The highest BCUT2D eigenvalue weighted by Gasteiger charge is 2.19.